The zero-order valence-electron chi connectivity index (χ0n) is 14.3. The number of aromatic nitrogens is 2. The van der Waals surface area contributed by atoms with E-state index in [2.05, 4.69) is 10.4 Å². The topological polar surface area (TPSA) is 50.2 Å². The summed E-state index contributed by atoms with van der Waals surface area (Å²) >= 11 is 0. The molecule has 3 heterocycles. The van der Waals surface area contributed by atoms with Crippen LogP contribution in [0.1, 0.15) is 21.6 Å². The van der Waals surface area contributed by atoms with Crippen LogP contribution in [0.5, 0.6) is 0 Å². The molecule has 2 unspecified atom stereocenters. The van der Waals surface area contributed by atoms with Gasteiger partial charge in [0.1, 0.15) is 0 Å². The van der Waals surface area contributed by atoms with Gasteiger partial charge in [0.05, 0.1) is 17.4 Å². The van der Waals surface area contributed by atoms with E-state index in [9.17, 15) is 18.0 Å². The molecule has 0 bridgehead atoms. The molecule has 0 radical (unpaired) electrons. The molecule has 2 saturated heterocycles. The summed E-state index contributed by atoms with van der Waals surface area (Å²) in [4.78, 5) is 14.3. The Labute approximate surface area is 148 Å². The number of alkyl halides is 3. The van der Waals surface area contributed by atoms with E-state index in [0.29, 0.717) is 24.9 Å². The Morgan fingerprint density at radius 2 is 1.77 bits per heavy atom. The third-order valence-corrected chi connectivity index (χ3v) is 5.22. The molecule has 2 fully saturated rings. The minimum absolute atomic E-state index is 0.282. The third kappa shape index (κ3) is 2.88. The predicted octanol–water partition coefficient (Wildman–Crippen LogP) is 2.49. The van der Waals surface area contributed by atoms with Gasteiger partial charge in [-0.15, -0.1) is 0 Å². The van der Waals surface area contributed by atoms with Gasteiger partial charge in [0.25, 0.3) is 5.91 Å². The van der Waals surface area contributed by atoms with Gasteiger partial charge >= 0.3 is 6.18 Å². The lowest BCUT2D eigenvalue weighted by atomic mass is 10.0. The van der Waals surface area contributed by atoms with Crippen LogP contribution in [-0.4, -0.2) is 46.8 Å². The Hall–Kier alpha value is -2.35. The Bertz CT molecular complexity index is 816. The van der Waals surface area contributed by atoms with E-state index in [4.69, 9.17) is 0 Å². The SMILES string of the molecule is Cc1ccc(-n2ncc(C(=O)N3CC4CNCC4C3)c2C(F)(F)F)cc1. The van der Waals surface area contributed by atoms with Crippen LogP contribution in [0, 0.1) is 18.8 Å². The van der Waals surface area contributed by atoms with Gasteiger partial charge in [-0.3, -0.25) is 4.79 Å². The van der Waals surface area contributed by atoms with E-state index < -0.39 is 17.8 Å². The number of benzene rings is 1. The monoisotopic (exact) mass is 364 g/mol. The van der Waals surface area contributed by atoms with Gasteiger partial charge in [0, 0.05) is 26.2 Å². The van der Waals surface area contributed by atoms with E-state index in [1.807, 2.05) is 6.92 Å². The maximum absolute atomic E-state index is 13.7. The first-order valence-electron chi connectivity index (χ1n) is 8.57. The second-order valence-electron chi connectivity index (χ2n) is 7.04. The Kier molecular flexibility index (Phi) is 4.02. The molecule has 0 spiro atoms. The van der Waals surface area contributed by atoms with Crippen LogP contribution in [0.25, 0.3) is 5.69 Å². The van der Waals surface area contributed by atoms with Gasteiger partial charge in [-0.25, -0.2) is 4.68 Å². The first-order valence-corrected chi connectivity index (χ1v) is 8.57. The van der Waals surface area contributed by atoms with Crippen molar-refractivity contribution in [1.82, 2.24) is 20.0 Å². The average molecular weight is 364 g/mol. The van der Waals surface area contributed by atoms with Crippen LogP contribution >= 0.6 is 0 Å². The van der Waals surface area contributed by atoms with Crippen LogP contribution in [0.2, 0.25) is 0 Å². The molecule has 4 rings (SSSR count). The quantitative estimate of drug-likeness (QED) is 0.891. The fraction of sp³-hybridized carbons (Fsp3) is 0.444. The van der Waals surface area contributed by atoms with Crippen LogP contribution in [0.15, 0.2) is 30.5 Å². The summed E-state index contributed by atoms with van der Waals surface area (Å²) in [5.41, 5.74) is -0.181. The van der Waals surface area contributed by atoms with Crippen molar-refractivity contribution in [3.63, 3.8) is 0 Å². The smallest absolute Gasteiger partial charge is 0.338 e. The fourth-order valence-electron chi connectivity index (χ4n) is 3.85. The van der Waals surface area contributed by atoms with Gasteiger partial charge in [-0.2, -0.15) is 18.3 Å². The second-order valence-corrected chi connectivity index (χ2v) is 7.04. The summed E-state index contributed by atoms with van der Waals surface area (Å²) < 4.78 is 42.0. The summed E-state index contributed by atoms with van der Waals surface area (Å²) in [6.45, 7) is 4.45. The molecular formula is C18H19F3N4O. The lowest BCUT2D eigenvalue weighted by Crippen LogP contribution is -2.33. The van der Waals surface area contributed by atoms with Crippen LogP contribution in [0.3, 0.4) is 0 Å². The Balaban J connectivity index is 1.70. The average Bonchev–Trinajstić information content (AvgIpc) is 3.28. The highest BCUT2D eigenvalue weighted by Gasteiger charge is 2.44. The first kappa shape index (κ1) is 17.1. The highest BCUT2D eigenvalue weighted by atomic mass is 19.4. The summed E-state index contributed by atoms with van der Waals surface area (Å²) in [6, 6.07) is 6.57. The van der Waals surface area contributed by atoms with Gasteiger partial charge in [0.2, 0.25) is 0 Å². The van der Waals surface area contributed by atoms with E-state index >= 15 is 0 Å². The molecule has 0 aliphatic carbocycles. The highest BCUT2D eigenvalue weighted by molar-refractivity contribution is 5.95. The molecular weight excluding hydrogens is 345 g/mol. The molecule has 1 amide bonds. The number of nitrogens with one attached hydrogen (secondary N) is 1. The van der Waals surface area contributed by atoms with E-state index in [0.717, 1.165) is 29.5 Å². The maximum atomic E-state index is 13.7. The zero-order chi connectivity index (χ0) is 18.5. The molecule has 0 saturated carbocycles. The minimum atomic E-state index is -4.68. The predicted molar refractivity (Wildman–Crippen MR) is 89.1 cm³/mol. The van der Waals surface area contributed by atoms with Crippen LogP contribution in [-0.2, 0) is 6.18 Å². The number of carbonyl (C=O) groups is 1. The number of nitrogens with zero attached hydrogens (tertiary/aromatic N) is 3. The summed E-state index contributed by atoms with van der Waals surface area (Å²) in [6.07, 6.45) is -3.64. The lowest BCUT2D eigenvalue weighted by molar-refractivity contribution is -0.143. The van der Waals surface area contributed by atoms with E-state index in [1.54, 1.807) is 24.3 Å². The number of carbonyl (C=O) groups excluding carboxylic acids is 1. The number of aryl methyl sites for hydroxylation is 1. The van der Waals surface area contributed by atoms with Crippen molar-refractivity contribution in [2.24, 2.45) is 11.8 Å². The lowest BCUT2D eigenvalue weighted by Gasteiger charge is -2.19. The van der Waals surface area contributed by atoms with Crippen LogP contribution in [0.4, 0.5) is 13.2 Å². The second kappa shape index (κ2) is 6.12. The van der Waals surface area contributed by atoms with Crippen molar-refractivity contribution in [1.29, 1.82) is 0 Å². The molecule has 5 nitrogen and oxygen atoms in total. The van der Waals surface area contributed by atoms with E-state index in [-0.39, 0.29) is 11.3 Å². The van der Waals surface area contributed by atoms with Gasteiger partial charge in [-0.05, 0) is 30.9 Å². The maximum Gasteiger partial charge on any atom is 0.434 e. The standard InChI is InChI=1S/C18H19F3N4O/c1-11-2-4-14(5-3-11)25-16(18(19,20)21)15(8-23-25)17(26)24-9-12-6-22-7-13(12)10-24/h2-5,8,12-13,22H,6-7,9-10H2,1H3. The molecule has 1 N–H and O–H groups in total. The summed E-state index contributed by atoms with van der Waals surface area (Å²) in [5, 5.41) is 7.14. The number of hydrogen-bond acceptors (Lipinski definition) is 3. The number of hydrogen-bond donors (Lipinski definition) is 1. The largest absolute Gasteiger partial charge is 0.434 e. The highest BCUT2D eigenvalue weighted by Crippen LogP contribution is 2.35. The molecule has 26 heavy (non-hydrogen) atoms. The normalized spacial score (nSPS) is 22.7. The molecule has 138 valence electrons. The van der Waals surface area contributed by atoms with Gasteiger partial charge in [0.15, 0.2) is 5.69 Å². The van der Waals surface area contributed by atoms with Crippen molar-refractivity contribution in [3.05, 3.63) is 47.3 Å². The molecule has 2 atom stereocenters. The molecule has 1 aromatic heterocycles. The molecule has 2 aliphatic heterocycles. The van der Waals surface area contributed by atoms with Crippen molar-refractivity contribution < 1.29 is 18.0 Å². The van der Waals surface area contributed by atoms with Gasteiger partial charge < -0.3 is 10.2 Å². The number of fused-ring (bicyclic) bond motifs is 1. The Morgan fingerprint density at radius 3 is 2.35 bits per heavy atom. The molecule has 2 aliphatic rings. The van der Waals surface area contributed by atoms with Crippen molar-refractivity contribution in [2.45, 2.75) is 13.1 Å². The number of likely N-dealkylation sites (tertiary alicyclic amines) is 1. The number of rotatable bonds is 2. The molecule has 2 aromatic rings. The van der Waals surface area contributed by atoms with Crippen molar-refractivity contribution in [3.8, 4) is 5.69 Å². The number of amides is 1. The zero-order valence-corrected chi connectivity index (χ0v) is 14.3. The molecule has 1 aromatic carbocycles. The van der Waals surface area contributed by atoms with Crippen molar-refractivity contribution in [2.75, 3.05) is 26.2 Å². The van der Waals surface area contributed by atoms with Gasteiger partial charge in [-0.1, -0.05) is 17.7 Å². The van der Waals surface area contributed by atoms with Crippen LogP contribution < -0.4 is 5.32 Å². The minimum Gasteiger partial charge on any atom is -0.338 e. The summed E-state index contributed by atoms with van der Waals surface area (Å²) in [5.74, 6) is 0.0472. The first-order chi connectivity index (χ1) is 12.3. The third-order valence-electron chi connectivity index (χ3n) is 5.22. The Morgan fingerprint density at radius 1 is 1.15 bits per heavy atom. The van der Waals surface area contributed by atoms with Crippen molar-refractivity contribution >= 4 is 5.91 Å². The fourth-order valence-corrected chi connectivity index (χ4v) is 3.85. The summed E-state index contributed by atoms with van der Waals surface area (Å²) in [7, 11) is 0. The number of halogens is 3. The van der Waals surface area contributed by atoms with E-state index in [1.165, 1.54) is 4.90 Å². The molecule has 8 heteroatoms.